The molecule has 0 atom stereocenters. The van der Waals surface area contributed by atoms with Gasteiger partial charge in [-0.3, -0.25) is 0 Å². The largest absolute Gasteiger partial charge is 0.310 e. The highest BCUT2D eigenvalue weighted by Crippen LogP contribution is 2.61. The van der Waals surface area contributed by atoms with Crippen LogP contribution in [0.25, 0.3) is 55.3 Å². The first-order valence-electron chi connectivity index (χ1n) is 22.3. The summed E-state index contributed by atoms with van der Waals surface area (Å²) in [6.07, 6.45) is 8.67. The summed E-state index contributed by atoms with van der Waals surface area (Å²) in [7, 11) is 0. The van der Waals surface area contributed by atoms with Gasteiger partial charge in [-0.05, 0) is 158 Å². The van der Waals surface area contributed by atoms with Gasteiger partial charge in [-0.1, -0.05) is 166 Å². The van der Waals surface area contributed by atoms with Crippen molar-refractivity contribution < 1.29 is 0 Å². The van der Waals surface area contributed by atoms with Crippen molar-refractivity contribution in [2.45, 2.75) is 63.2 Å². The van der Waals surface area contributed by atoms with E-state index in [1.54, 1.807) is 5.56 Å². The van der Waals surface area contributed by atoms with Gasteiger partial charge in [0.05, 0.1) is 5.69 Å². The lowest BCUT2D eigenvalue weighted by atomic mass is 9.48. The smallest absolute Gasteiger partial charge is 0.0540 e. The van der Waals surface area contributed by atoms with Crippen molar-refractivity contribution in [2.24, 2.45) is 17.8 Å². The summed E-state index contributed by atoms with van der Waals surface area (Å²) in [5, 5.41) is 2.52. The standard InChI is InChI=1S/C59H51N/c1-58(2)54-20-8-6-16-50(54)51-31-30-48(35-55(51)58)60(56-21-9-7-17-52(56)53-19-11-15-45-14-10-18-49(57(45)53)44-12-4-3-5-13-44)47-28-24-43(25-29-47)42-22-26-46(27-23-42)59-36-39-32-40(37-59)34-41(33-39)38-59/h3-31,35,39-41H,32-34,36-38H2,1-2H3. The van der Waals surface area contributed by atoms with Gasteiger partial charge in [-0.2, -0.15) is 0 Å². The van der Waals surface area contributed by atoms with Crippen LogP contribution < -0.4 is 4.90 Å². The van der Waals surface area contributed by atoms with Crippen molar-refractivity contribution >= 4 is 27.8 Å². The van der Waals surface area contributed by atoms with Gasteiger partial charge in [-0.25, -0.2) is 0 Å². The SMILES string of the molecule is CC1(C)c2ccccc2-c2ccc(N(c3ccc(-c4ccc(C56CC7CC(CC(C7)C5)C6)cc4)cc3)c3ccccc3-c3cccc4cccc(-c5ccccc5)c34)cc21. The van der Waals surface area contributed by atoms with E-state index in [0.717, 1.165) is 29.1 Å². The van der Waals surface area contributed by atoms with Gasteiger partial charge >= 0.3 is 0 Å². The highest BCUT2D eigenvalue weighted by Gasteiger charge is 2.51. The van der Waals surface area contributed by atoms with Crippen molar-refractivity contribution in [2.75, 3.05) is 4.90 Å². The Labute approximate surface area is 355 Å². The van der Waals surface area contributed by atoms with E-state index in [2.05, 4.69) is 201 Å². The van der Waals surface area contributed by atoms with Crippen molar-refractivity contribution in [3.05, 3.63) is 199 Å². The fourth-order valence-electron chi connectivity index (χ4n) is 12.9. The quantitative estimate of drug-likeness (QED) is 0.156. The minimum Gasteiger partial charge on any atom is -0.310 e. The maximum absolute atomic E-state index is 2.50. The molecule has 0 amide bonds. The molecule has 0 spiro atoms. The molecule has 1 heteroatoms. The molecule has 4 saturated carbocycles. The molecule has 0 unspecified atom stereocenters. The highest BCUT2D eigenvalue weighted by atomic mass is 15.1. The van der Waals surface area contributed by atoms with Crippen LogP contribution in [-0.2, 0) is 10.8 Å². The molecule has 4 bridgehead atoms. The zero-order chi connectivity index (χ0) is 40.0. The van der Waals surface area contributed by atoms with Crippen molar-refractivity contribution in [3.8, 4) is 44.5 Å². The Morgan fingerprint density at radius 3 is 1.67 bits per heavy atom. The minimum atomic E-state index is -0.112. The lowest BCUT2D eigenvalue weighted by Gasteiger charge is -2.57. The molecule has 8 aromatic rings. The summed E-state index contributed by atoms with van der Waals surface area (Å²) >= 11 is 0. The first kappa shape index (κ1) is 35.7. The van der Waals surface area contributed by atoms with Gasteiger partial charge in [0.2, 0.25) is 0 Å². The highest BCUT2D eigenvalue weighted by molar-refractivity contribution is 6.09. The second-order valence-corrected chi connectivity index (χ2v) is 19.2. The molecular formula is C59H51N. The van der Waals surface area contributed by atoms with Crippen molar-refractivity contribution in [1.29, 1.82) is 0 Å². The van der Waals surface area contributed by atoms with Crippen molar-refractivity contribution in [3.63, 3.8) is 0 Å². The Bertz CT molecular complexity index is 2880. The number of hydrogen-bond donors (Lipinski definition) is 0. The van der Waals surface area contributed by atoms with E-state index in [1.807, 2.05) is 0 Å². The lowest BCUT2D eigenvalue weighted by Crippen LogP contribution is -2.48. The number of para-hydroxylation sites is 1. The zero-order valence-corrected chi connectivity index (χ0v) is 34.7. The van der Waals surface area contributed by atoms with Crippen LogP contribution in [0.5, 0.6) is 0 Å². The Hall–Kier alpha value is -6.18. The molecular weight excluding hydrogens is 723 g/mol. The fourth-order valence-corrected chi connectivity index (χ4v) is 12.9. The summed E-state index contributed by atoms with van der Waals surface area (Å²) in [5.41, 5.74) is 18.3. The summed E-state index contributed by atoms with van der Waals surface area (Å²) in [5.74, 6) is 2.86. The molecule has 1 nitrogen and oxygen atoms in total. The minimum absolute atomic E-state index is 0.112. The summed E-state index contributed by atoms with van der Waals surface area (Å²) < 4.78 is 0. The van der Waals surface area contributed by atoms with Crippen LogP contribution in [0.15, 0.2) is 182 Å². The Kier molecular flexibility index (Phi) is 8.15. The fraction of sp³-hybridized carbons (Fsp3) is 0.220. The predicted octanol–water partition coefficient (Wildman–Crippen LogP) is 16.1. The molecule has 5 aliphatic carbocycles. The summed E-state index contributed by atoms with van der Waals surface area (Å²) in [4.78, 5) is 2.50. The van der Waals surface area contributed by atoms with Crippen LogP contribution in [0.4, 0.5) is 17.1 Å². The molecule has 8 aromatic carbocycles. The molecule has 0 radical (unpaired) electrons. The number of fused-ring (bicyclic) bond motifs is 4. The van der Waals surface area contributed by atoms with Gasteiger partial charge in [-0.15, -0.1) is 0 Å². The number of anilines is 3. The van der Waals surface area contributed by atoms with E-state index in [-0.39, 0.29) is 5.41 Å². The summed E-state index contributed by atoms with van der Waals surface area (Å²) in [6, 6.07) is 68.6. The third kappa shape index (κ3) is 5.66. The van der Waals surface area contributed by atoms with Crippen LogP contribution in [0, 0.1) is 17.8 Å². The first-order chi connectivity index (χ1) is 29.4. The van der Waals surface area contributed by atoms with Crippen LogP contribution in [-0.4, -0.2) is 0 Å². The third-order valence-corrected chi connectivity index (χ3v) is 15.2. The van der Waals surface area contributed by atoms with E-state index >= 15 is 0 Å². The van der Waals surface area contributed by atoms with Crippen LogP contribution in [0.3, 0.4) is 0 Å². The van der Waals surface area contributed by atoms with E-state index in [1.165, 1.54) is 111 Å². The molecule has 0 saturated heterocycles. The second kappa shape index (κ2) is 13.7. The number of benzene rings is 8. The van der Waals surface area contributed by atoms with Crippen LogP contribution >= 0.6 is 0 Å². The van der Waals surface area contributed by atoms with Crippen LogP contribution in [0.2, 0.25) is 0 Å². The second-order valence-electron chi connectivity index (χ2n) is 19.2. The van der Waals surface area contributed by atoms with E-state index in [0.29, 0.717) is 5.41 Å². The van der Waals surface area contributed by atoms with Crippen molar-refractivity contribution in [1.82, 2.24) is 0 Å². The Balaban J connectivity index is 0.982. The number of rotatable bonds is 7. The third-order valence-electron chi connectivity index (χ3n) is 15.2. The molecule has 0 N–H and O–H groups in total. The summed E-state index contributed by atoms with van der Waals surface area (Å²) in [6.45, 7) is 4.76. The Morgan fingerprint density at radius 2 is 0.967 bits per heavy atom. The van der Waals surface area contributed by atoms with E-state index < -0.39 is 0 Å². The van der Waals surface area contributed by atoms with Gasteiger partial charge in [0.25, 0.3) is 0 Å². The molecule has 0 aliphatic heterocycles. The number of hydrogen-bond acceptors (Lipinski definition) is 1. The molecule has 60 heavy (non-hydrogen) atoms. The predicted molar refractivity (Wildman–Crippen MR) is 252 cm³/mol. The molecule has 292 valence electrons. The maximum Gasteiger partial charge on any atom is 0.0540 e. The molecule has 13 rings (SSSR count). The topological polar surface area (TPSA) is 3.24 Å². The molecule has 4 fully saturated rings. The molecule has 5 aliphatic rings. The normalized spacial score (nSPS) is 21.8. The average molecular weight is 774 g/mol. The van der Waals surface area contributed by atoms with Crippen LogP contribution in [0.1, 0.15) is 69.1 Å². The molecule has 0 aromatic heterocycles. The van der Waals surface area contributed by atoms with Gasteiger partial charge < -0.3 is 4.90 Å². The number of nitrogens with zero attached hydrogens (tertiary/aromatic N) is 1. The Morgan fingerprint density at radius 1 is 0.417 bits per heavy atom. The first-order valence-corrected chi connectivity index (χ1v) is 22.3. The molecule has 0 heterocycles. The van der Waals surface area contributed by atoms with Gasteiger partial charge in [0.1, 0.15) is 0 Å². The monoisotopic (exact) mass is 773 g/mol. The lowest BCUT2D eigenvalue weighted by molar-refractivity contribution is -0.00518. The maximum atomic E-state index is 2.50. The average Bonchev–Trinajstić information content (AvgIpc) is 3.51. The zero-order valence-electron chi connectivity index (χ0n) is 34.7. The van der Waals surface area contributed by atoms with E-state index in [4.69, 9.17) is 0 Å². The van der Waals surface area contributed by atoms with Gasteiger partial charge in [0, 0.05) is 22.4 Å². The van der Waals surface area contributed by atoms with E-state index in [9.17, 15) is 0 Å². The van der Waals surface area contributed by atoms with Gasteiger partial charge in [0.15, 0.2) is 0 Å².